The molecule has 0 saturated carbocycles. The quantitative estimate of drug-likeness (QED) is 0.407. The van der Waals surface area contributed by atoms with E-state index >= 15 is 0 Å². The smallest absolute Gasteiger partial charge is 0.262 e. The molecular weight excluding hydrogens is 324 g/mol. The number of fused-ring (bicyclic) bond motifs is 4. The topological polar surface area (TPSA) is 19.7 Å². The van der Waals surface area contributed by atoms with Crippen molar-refractivity contribution >= 4 is 55.4 Å². The molecule has 0 aliphatic carbocycles. The molecule has 3 aromatic carbocycles. The summed E-state index contributed by atoms with van der Waals surface area (Å²) in [6.07, 6.45) is 6.49. The maximum absolute atomic E-state index is 3.34. The number of para-hydroxylation sites is 1. The second kappa shape index (κ2) is 5.57. The van der Waals surface area contributed by atoms with E-state index in [1.54, 1.807) is 0 Å². The summed E-state index contributed by atoms with van der Waals surface area (Å²) in [5.41, 5.74) is 3.70. The molecule has 5 aromatic rings. The molecule has 2 nitrogen and oxygen atoms in total. The number of H-pyrrole nitrogens is 1. The SMILES string of the molecule is C[n+]1c(C=Cc2c[nH]c3ccccc23)sc2ccc3ccccc3c21. The molecule has 3 heteroatoms. The standard InChI is InChI=1S/C22H16N2S/c1-24-21(13-11-16-14-23-19-9-5-4-7-17(16)19)25-20-12-10-15-6-2-3-8-18(15)22(20)24/h2-14H,1H3/p+1. The van der Waals surface area contributed by atoms with E-state index in [0.29, 0.717) is 0 Å². The number of nitrogens with one attached hydrogen (secondary N) is 1. The van der Waals surface area contributed by atoms with Crippen molar-refractivity contribution in [3.8, 4) is 0 Å². The average molecular weight is 341 g/mol. The fourth-order valence-corrected chi connectivity index (χ4v) is 4.56. The Kier molecular flexibility index (Phi) is 3.22. The minimum atomic E-state index is 1.17. The molecule has 1 N–H and O–H groups in total. The molecule has 2 aromatic heterocycles. The van der Waals surface area contributed by atoms with Crippen LogP contribution in [0.25, 0.3) is 44.0 Å². The molecule has 0 aliphatic heterocycles. The first-order chi connectivity index (χ1) is 12.3. The Morgan fingerprint density at radius 2 is 1.68 bits per heavy atom. The monoisotopic (exact) mass is 341 g/mol. The molecule has 0 atom stereocenters. The molecule has 0 spiro atoms. The first kappa shape index (κ1) is 14.4. The van der Waals surface area contributed by atoms with Gasteiger partial charge in [0.2, 0.25) is 5.52 Å². The van der Waals surface area contributed by atoms with E-state index < -0.39 is 0 Å². The van der Waals surface area contributed by atoms with Gasteiger partial charge in [0.05, 0.1) is 5.39 Å². The fourth-order valence-electron chi connectivity index (χ4n) is 3.49. The van der Waals surface area contributed by atoms with Crippen molar-refractivity contribution in [1.29, 1.82) is 0 Å². The fraction of sp³-hybridized carbons (Fsp3) is 0.0455. The Hall–Kier alpha value is -2.91. The Morgan fingerprint density at radius 3 is 2.60 bits per heavy atom. The summed E-state index contributed by atoms with van der Waals surface area (Å²) < 4.78 is 3.62. The van der Waals surface area contributed by atoms with Crippen molar-refractivity contribution in [1.82, 2.24) is 4.98 Å². The minimum Gasteiger partial charge on any atom is -0.361 e. The van der Waals surface area contributed by atoms with Crippen LogP contribution in [0.1, 0.15) is 10.6 Å². The highest BCUT2D eigenvalue weighted by Gasteiger charge is 2.17. The summed E-state index contributed by atoms with van der Waals surface area (Å²) in [6.45, 7) is 0. The van der Waals surface area contributed by atoms with E-state index in [-0.39, 0.29) is 0 Å². The number of benzene rings is 3. The molecule has 0 unspecified atom stereocenters. The zero-order chi connectivity index (χ0) is 16.8. The molecule has 0 fully saturated rings. The van der Waals surface area contributed by atoms with Gasteiger partial charge in [0.1, 0.15) is 11.7 Å². The van der Waals surface area contributed by atoms with Crippen LogP contribution >= 0.6 is 11.3 Å². The van der Waals surface area contributed by atoms with Crippen molar-refractivity contribution in [2.45, 2.75) is 0 Å². The number of rotatable bonds is 2. The third-order valence-corrected chi connectivity index (χ3v) is 5.94. The van der Waals surface area contributed by atoms with Gasteiger partial charge in [-0.3, -0.25) is 0 Å². The molecular formula is C22H17N2S+. The van der Waals surface area contributed by atoms with Gasteiger partial charge in [0.25, 0.3) is 5.01 Å². The van der Waals surface area contributed by atoms with Crippen LogP contribution in [-0.2, 0) is 7.05 Å². The molecule has 120 valence electrons. The van der Waals surface area contributed by atoms with Gasteiger partial charge in [-0.2, -0.15) is 4.57 Å². The number of hydrogen-bond donors (Lipinski definition) is 1. The molecule has 0 radical (unpaired) electrons. The lowest BCUT2D eigenvalue weighted by Crippen LogP contribution is -2.29. The van der Waals surface area contributed by atoms with Gasteiger partial charge in [0, 0.05) is 28.7 Å². The molecule has 5 rings (SSSR count). The van der Waals surface area contributed by atoms with Gasteiger partial charge < -0.3 is 4.98 Å². The highest BCUT2D eigenvalue weighted by molar-refractivity contribution is 7.19. The summed E-state index contributed by atoms with van der Waals surface area (Å²) in [7, 11) is 2.15. The summed E-state index contributed by atoms with van der Waals surface area (Å²) in [6, 6.07) is 21.4. The highest BCUT2D eigenvalue weighted by atomic mass is 32.1. The molecule has 2 heterocycles. The normalized spacial score (nSPS) is 12.0. The van der Waals surface area contributed by atoms with Crippen LogP contribution in [0.15, 0.2) is 66.9 Å². The van der Waals surface area contributed by atoms with Crippen LogP contribution in [-0.4, -0.2) is 4.98 Å². The number of aromatic amines is 1. The van der Waals surface area contributed by atoms with Crippen molar-refractivity contribution in [2.75, 3.05) is 0 Å². The van der Waals surface area contributed by atoms with Gasteiger partial charge in [-0.1, -0.05) is 53.8 Å². The van der Waals surface area contributed by atoms with Crippen molar-refractivity contribution < 1.29 is 4.57 Å². The lowest BCUT2D eigenvalue weighted by Gasteiger charge is -1.95. The van der Waals surface area contributed by atoms with Crippen molar-refractivity contribution in [3.63, 3.8) is 0 Å². The van der Waals surface area contributed by atoms with E-state index in [2.05, 4.69) is 95.6 Å². The zero-order valence-electron chi connectivity index (χ0n) is 13.9. The summed E-state index contributed by atoms with van der Waals surface area (Å²) in [5, 5.41) is 5.10. The summed E-state index contributed by atoms with van der Waals surface area (Å²) in [4.78, 5) is 3.34. The number of nitrogens with zero attached hydrogens (tertiary/aromatic N) is 1. The van der Waals surface area contributed by atoms with Crippen LogP contribution in [0, 0.1) is 0 Å². The third-order valence-electron chi connectivity index (χ3n) is 4.77. The van der Waals surface area contributed by atoms with Crippen LogP contribution in [0.4, 0.5) is 0 Å². The summed E-state index contributed by atoms with van der Waals surface area (Å²) in [5.74, 6) is 0. The first-order valence-electron chi connectivity index (χ1n) is 8.36. The predicted octanol–water partition coefficient (Wildman–Crippen LogP) is 5.53. The zero-order valence-corrected chi connectivity index (χ0v) is 14.7. The lowest BCUT2D eigenvalue weighted by molar-refractivity contribution is -0.641. The highest BCUT2D eigenvalue weighted by Crippen LogP contribution is 2.29. The van der Waals surface area contributed by atoms with E-state index in [9.17, 15) is 0 Å². The predicted molar refractivity (Wildman–Crippen MR) is 108 cm³/mol. The van der Waals surface area contributed by atoms with Gasteiger partial charge in [-0.15, -0.1) is 0 Å². The minimum absolute atomic E-state index is 1.17. The van der Waals surface area contributed by atoms with Crippen LogP contribution in [0.3, 0.4) is 0 Å². The Bertz CT molecular complexity index is 1260. The molecule has 0 saturated heterocycles. The van der Waals surface area contributed by atoms with E-state index in [4.69, 9.17) is 0 Å². The number of thiazole rings is 1. The van der Waals surface area contributed by atoms with Crippen LogP contribution in [0.2, 0.25) is 0 Å². The largest absolute Gasteiger partial charge is 0.361 e. The van der Waals surface area contributed by atoms with Crippen LogP contribution in [0.5, 0.6) is 0 Å². The molecule has 25 heavy (non-hydrogen) atoms. The van der Waals surface area contributed by atoms with Gasteiger partial charge in [-0.25, -0.2) is 0 Å². The number of aromatic nitrogens is 2. The van der Waals surface area contributed by atoms with E-state index in [0.717, 1.165) is 0 Å². The van der Waals surface area contributed by atoms with Crippen LogP contribution < -0.4 is 4.57 Å². The summed E-state index contributed by atoms with van der Waals surface area (Å²) >= 11 is 1.83. The second-order valence-corrected chi connectivity index (χ2v) is 7.32. The van der Waals surface area contributed by atoms with Gasteiger partial charge in [-0.05, 0) is 29.7 Å². The second-order valence-electron chi connectivity index (χ2n) is 6.26. The molecule has 0 bridgehead atoms. The molecule has 0 aliphatic rings. The average Bonchev–Trinajstić information content (AvgIpc) is 3.21. The van der Waals surface area contributed by atoms with E-state index in [1.165, 1.54) is 42.5 Å². The number of aryl methyl sites for hydroxylation is 1. The Morgan fingerprint density at radius 1 is 0.880 bits per heavy atom. The Balaban J connectivity index is 1.66. The van der Waals surface area contributed by atoms with E-state index in [1.807, 2.05) is 11.3 Å². The van der Waals surface area contributed by atoms with Gasteiger partial charge in [0.15, 0.2) is 0 Å². The number of hydrogen-bond acceptors (Lipinski definition) is 1. The molecule has 0 amide bonds. The third kappa shape index (κ3) is 2.28. The maximum atomic E-state index is 3.34. The first-order valence-corrected chi connectivity index (χ1v) is 9.17. The Labute approximate surface area is 149 Å². The van der Waals surface area contributed by atoms with Crippen molar-refractivity contribution in [3.05, 3.63) is 77.4 Å². The lowest BCUT2D eigenvalue weighted by atomic mass is 10.1. The maximum Gasteiger partial charge on any atom is 0.262 e. The van der Waals surface area contributed by atoms with Crippen molar-refractivity contribution in [2.24, 2.45) is 7.05 Å². The van der Waals surface area contributed by atoms with Gasteiger partial charge >= 0.3 is 0 Å².